The van der Waals surface area contributed by atoms with Gasteiger partial charge in [0.2, 0.25) is 17.7 Å². The van der Waals surface area contributed by atoms with Crippen molar-refractivity contribution in [2.45, 2.75) is 106 Å². The van der Waals surface area contributed by atoms with Crippen LogP contribution in [0.1, 0.15) is 112 Å². The zero-order valence-corrected chi connectivity index (χ0v) is 26.3. The zero-order chi connectivity index (χ0) is 30.9. The summed E-state index contributed by atoms with van der Waals surface area (Å²) < 4.78 is 5.75. The molecule has 3 amide bonds. The first-order valence-corrected chi connectivity index (χ1v) is 14.8. The third-order valence-electron chi connectivity index (χ3n) is 6.47. The lowest BCUT2D eigenvalue weighted by molar-refractivity contribution is -0.128. The van der Waals surface area contributed by atoms with E-state index >= 15 is 0 Å². The van der Waals surface area contributed by atoms with Crippen LogP contribution in [0.2, 0.25) is 0 Å². The molecule has 0 saturated heterocycles. The lowest BCUT2D eigenvalue weighted by atomic mass is 9.88. The Labute approximate surface area is 246 Å². The van der Waals surface area contributed by atoms with Gasteiger partial charge < -0.3 is 15.4 Å². The van der Waals surface area contributed by atoms with E-state index in [2.05, 4.69) is 21.2 Å². The number of nitrogens with zero attached hydrogens (tertiary/aromatic N) is 1. The lowest BCUT2D eigenvalue weighted by Gasteiger charge is -2.17. The highest BCUT2D eigenvalue weighted by Gasteiger charge is 2.20. The largest absolute Gasteiger partial charge is 0.494 e. The van der Waals surface area contributed by atoms with Crippen LogP contribution in [0.5, 0.6) is 5.75 Å². The Kier molecular flexibility index (Phi) is 15.9. The number of hydrogen-bond donors (Lipinski definition) is 3. The number of hydrogen-bond acceptors (Lipinski definition) is 6. The highest BCUT2D eigenvalue weighted by molar-refractivity contribution is 5.99. The molecule has 0 aliphatic carbocycles. The second kappa shape index (κ2) is 18.3. The van der Waals surface area contributed by atoms with E-state index in [-0.39, 0.29) is 28.9 Å². The molecule has 9 nitrogen and oxygen atoms in total. The van der Waals surface area contributed by atoms with E-state index in [1.165, 1.54) is 0 Å². The van der Waals surface area contributed by atoms with Crippen molar-refractivity contribution < 1.29 is 23.9 Å². The molecule has 0 aliphatic rings. The second-order valence-electron chi connectivity index (χ2n) is 12.5. The van der Waals surface area contributed by atoms with E-state index in [1.54, 1.807) is 0 Å². The highest BCUT2D eigenvalue weighted by atomic mass is 16.5. The summed E-state index contributed by atoms with van der Waals surface area (Å²) in [5.41, 5.74) is 3.44. The van der Waals surface area contributed by atoms with Crippen LogP contribution in [-0.2, 0) is 19.2 Å². The first-order chi connectivity index (χ1) is 19.2. The fourth-order valence-electron chi connectivity index (χ4n) is 3.64. The minimum absolute atomic E-state index is 0.00589. The van der Waals surface area contributed by atoms with E-state index in [4.69, 9.17) is 4.74 Å². The van der Waals surface area contributed by atoms with Crippen LogP contribution >= 0.6 is 0 Å². The Morgan fingerprint density at radius 3 is 1.93 bits per heavy atom. The monoisotopic (exact) mass is 572 g/mol. The molecular formula is C32H52N4O5. The number of Topliss-reactive ketones (excluding diaryl/α,β-unsaturated/α-hetero) is 1. The van der Waals surface area contributed by atoms with Crippen molar-refractivity contribution in [1.82, 2.24) is 16.1 Å². The number of carbonyl (C=O) groups is 4. The van der Waals surface area contributed by atoms with Gasteiger partial charge in [-0.1, -0.05) is 48.0 Å². The standard InChI is InChI=1S/C32H52N4O5/c1-24(35-36-29(39)15-10-12-22-34-30(40)32(5,6)7)25-17-19-26(20-18-25)41-23-13-16-28(38)33-21-11-8-9-14-27(37)31(2,3)4/h17-20H,8-16,21-23H2,1-7H3,(H,33,38)(H,34,40)(H,36,39)/b35-24+. The number of rotatable bonds is 18. The summed E-state index contributed by atoms with van der Waals surface area (Å²) in [6.45, 7) is 14.9. The molecule has 0 radical (unpaired) electrons. The summed E-state index contributed by atoms with van der Waals surface area (Å²) in [4.78, 5) is 47.8. The molecule has 0 unspecified atom stereocenters. The smallest absolute Gasteiger partial charge is 0.240 e. The number of ketones is 1. The van der Waals surface area contributed by atoms with E-state index in [0.717, 1.165) is 31.2 Å². The molecular weight excluding hydrogens is 520 g/mol. The minimum atomic E-state index is -0.413. The summed E-state index contributed by atoms with van der Waals surface area (Å²) in [7, 11) is 0. The maximum atomic E-state index is 12.1. The molecule has 1 aromatic carbocycles. The fourth-order valence-corrected chi connectivity index (χ4v) is 3.64. The van der Waals surface area contributed by atoms with Crippen molar-refractivity contribution in [3.63, 3.8) is 0 Å². The number of carbonyl (C=O) groups excluding carboxylic acids is 4. The van der Waals surface area contributed by atoms with Crippen LogP contribution < -0.4 is 20.8 Å². The summed E-state index contributed by atoms with van der Waals surface area (Å²) >= 11 is 0. The molecule has 0 bridgehead atoms. The van der Waals surface area contributed by atoms with Crippen LogP contribution in [-0.4, -0.2) is 48.9 Å². The van der Waals surface area contributed by atoms with E-state index < -0.39 is 5.41 Å². The van der Waals surface area contributed by atoms with E-state index in [0.29, 0.717) is 63.3 Å². The summed E-state index contributed by atoms with van der Waals surface area (Å²) in [6.07, 6.45) is 6.01. The molecule has 1 aromatic rings. The molecule has 3 N–H and O–H groups in total. The third kappa shape index (κ3) is 16.6. The van der Waals surface area contributed by atoms with E-state index in [9.17, 15) is 19.2 Å². The number of hydrazone groups is 1. The van der Waals surface area contributed by atoms with Crippen LogP contribution in [0, 0.1) is 10.8 Å². The number of benzene rings is 1. The Morgan fingerprint density at radius 2 is 1.29 bits per heavy atom. The Balaban J connectivity index is 2.19. The van der Waals surface area contributed by atoms with Gasteiger partial charge >= 0.3 is 0 Å². The number of unbranched alkanes of at least 4 members (excludes halogenated alkanes) is 3. The SMILES string of the molecule is C/C(=N\NC(=O)CCCCNC(=O)C(C)(C)C)c1ccc(OCCCC(=O)NCCCCCC(=O)C(C)(C)C)cc1. The minimum Gasteiger partial charge on any atom is -0.494 e. The van der Waals surface area contributed by atoms with Crippen molar-refractivity contribution in [2.75, 3.05) is 19.7 Å². The second-order valence-corrected chi connectivity index (χ2v) is 12.5. The van der Waals surface area contributed by atoms with Gasteiger partial charge in [-0.3, -0.25) is 19.2 Å². The molecule has 9 heteroatoms. The predicted octanol–water partition coefficient (Wildman–Crippen LogP) is 5.31. The zero-order valence-electron chi connectivity index (χ0n) is 26.3. The van der Waals surface area contributed by atoms with Crippen molar-refractivity contribution in [1.29, 1.82) is 0 Å². The molecule has 41 heavy (non-hydrogen) atoms. The lowest BCUT2D eigenvalue weighted by Crippen LogP contribution is -2.35. The van der Waals surface area contributed by atoms with Crippen LogP contribution in [0.15, 0.2) is 29.4 Å². The van der Waals surface area contributed by atoms with Crippen molar-refractivity contribution in [3.05, 3.63) is 29.8 Å². The van der Waals surface area contributed by atoms with Gasteiger partial charge in [0.25, 0.3) is 0 Å². The van der Waals surface area contributed by atoms with Gasteiger partial charge in [0.1, 0.15) is 11.5 Å². The average Bonchev–Trinajstić information content (AvgIpc) is 2.90. The molecule has 0 aliphatic heterocycles. The molecule has 0 aromatic heterocycles. The normalized spacial score (nSPS) is 12.0. The van der Waals surface area contributed by atoms with Crippen molar-refractivity contribution in [2.24, 2.45) is 15.9 Å². The van der Waals surface area contributed by atoms with Gasteiger partial charge in [0.15, 0.2) is 0 Å². The van der Waals surface area contributed by atoms with Gasteiger partial charge in [-0.25, -0.2) is 5.43 Å². The first-order valence-electron chi connectivity index (χ1n) is 14.8. The molecule has 0 heterocycles. The van der Waals surface area contributed by atoms with Crippen LogP contribution in [0.4, 0.5) is 0 Å². The number of nitrogens with one attached hydrogen (secondary N) is 3. The molecule has 0 saturated carbocycles. The van der Waals surface area contributed by atoms with Gasteiger partial charge in [-0.05, 0) is 68.9 Å². The summed E-state index contributed by atoms with van der Waals surface area (Å²) in [5.74, 6) is 0.839. The summed E-state index contributed by atoms with van der Waals surface area (Å²) in [6, 6.07) is 7.43. The molecule has 1 rings (SSSR count). The molecule has 0 atom stereocenters. The van der Waals surface area contributed by atoms with Gasteiger partial charge in [0.05, 0.1) is 12.3 Å². The van der Waals surface area contributed by atoms with Gasteiger partial charge in [0, 0.05) is 43.2 Å². The first kappa shape index (κ1) is 35.8. The Hall–Kier alpha value is -3.23. The van der Waals surface area contributed by atoms with Crippen molar-refractivity contribution in [3.8, 4) is 5.75 Å². The van der Waals surface area contributed by atoms with E-state index in [1.807, 2.05) is 72.7 Å². The number of amides is 3. The van der Waals surface area contributed by atoms with Crippen LogP contribution in [0.3, 0.4) is 0 Å². The average molecular weight is 573 g/mol. The summed E-state index contributed by atoms with van der Waals surface area (Å²) in [5, 5.41) is 9.99. The van der Waals surface area contributed by atoms with Gasteiger partial charge in [-0.15, -0.1) is 0 Å². The highest BCUT2D eigenvalue weighted by Crippen LogP contribution is 2.18. The van der Waals surface area contributed by atoms with Crippen molar-refractivity contribution >= 4 is 29.2 Å². The fraction of sp³-hybridized carbons (Fsp3) is 0.656. The van der Waals surface area contributed by atoms with Gasteiger partial charge in [-0.2, -0.15) is 5.10 Å². The molecule has 0 fully saturated rings. The maximum absolute atomic E-state index is 12.1. The molecule has 230 valence electrons. The Morgan fingerprint density at radius 1 is 0.707 bits per heavy atom. The Bertz CT molecular complexity index is 1000. The maximum Gasteiger partial charge on any atom is 0.240 e. The predicted molar refractivity (Wildman–Crippen MR) is 164 cm³/mol. The van der Waals surface area contributed by atoms with Crippen LogP contribution in [0.25, 0.3) is 0 Å². The topological polar surface area (TPSA) is 126 Å². The quantitative estimate of drug-likeness (QED) is 0.125. The third-order valence-corrected chi connectivity index (χ3v) is 6.47. The molecule has 0 spiro atoms. The number of ether oxygens (including phenoxy) is 1.